The van der Waals surface area contributed by atoms with Gasteiger partial charge in [-0.15, -0.1) is 0 Å². The van der Waals surface area contributed by atoms with Crippen LogP contribution in [-0.4, -0.2) is 47.4 Å². The molecular formula is C25H41I2NO5. The Balaban J connectivity index is 0.00000265. The van der Waals surface area contributed by atoms with Gasteiger partial charge in [-0.3, -0.25) is 9.59 Å². The van der Waals surface area contributed by atoms with Crippen LogP contribution in [0.3, 0.4) is 0 Å². The van der Waals surface area contributed by atoms with E-state index in [0.717, 1.165) is 19.3 Å². The average Bonchev–Trinajstić information content (AvgIpc) is 2.78. The van der Waals surface area contributed by atoms with Crippen LogP contribution in [0.4, 0.5) is 0 Å². The summed E-state index contributed by atoms with van der Waals surface area (Å²) in [5.74, 6) is 0.579. The zero-order chi connectivity index (χ0) is 25.1. The normalized spacial score (nSPS) is 28.9. The van der Waals surface area contributed by atoms with Crippen molar-refractivity contribution in [2.24, 2.45) is 29.6 Å². The summed E-state index contributed by atoms with van der Waals surface area (Å²) in [7, 11) is 1.53. The Morgan fingerprint density at radius 1 is 1.24 bits per heavy atom. The Kier molecular flexibility index (Phi) is 14.7. The third-order valence-electron chi connectivity index (χ3n) is 6.95. The smallest absolute Gasteiger partial charge is 0.308 e. The summed E-state index contributed by atoms with van der Waals surface area (Å²) >= 11 is 4.24. The Morgan fingerprint density at radius 2 is 1.91 bits per heavy atom. The van der Waals surface area contributed by atoms with Crippen molar-refractivity contribution in [3.8, 4) is 0 Å². The number of fused-ring (bicyclic) bond motifs is 1. The van der Waals surface area contributed by atoms with E-state index in [1.807, 2.05) is 13.8 Å². The molecular weight excluding hydrogens is 648 g/mol. The van der Waals surface area contributed by atoms with Crippen LogP contribution in [-0.2, 0) is 14.3 Å². The van der Waals surface area contributed by atoms with Gasteiger partial charge in [-0.05, 0) is 55.4 Å². The Morgan fingerprint density at radius 3 is 2.52 bits per heavy atom. The number of nitrogens with one attached hydrogen (secondary N) is 1. The van der Waals surface area contributed by atoms with Crippen molar-refractivity contribution < 1.29 is 24.5 Å². The van der Waals surface area contributed by atoms with Crippen molar-refractivity contribution in [3.05, 3.63) is 23.8 Å². The second kappa shape index (κ2) is 15.7. The van der Waals surface area contributed by atoms with E-state index in [0.29, 0.717) is 18.3 Å². The maximum Gasteiger partial charge on any atom is 0.308 e. The fraction of sp³-hybridized carbons (Fsp3) is 0.760. The van der Waals surface area contributed by atoms with Crippen molar-refractivity contribution >= 4 is 49.1 Å². The quantitative estimate of drug-likeness (QED) is 0.218. The summed E-state index contributed by atoms with van der Waals surface area (Å²) in [4.78, 5) is 24.0. The number of amides is 1. The molecule has 3 N–H and O–H groups in total. The largest absolute Gasteiger partial charge is 0.461 e. The van der Waals surface area contributed by atoms with Crippen LogP contribution < -0.4 is 5.32 Å². The lowest BCUT2D eigenvalue weighted by Gasteiger charge is -2.43. The topological polar surface area (TPSA) is 95.9 Å². The molecule has 0 radical (unpaired) electrons. The van der Waals surface area contributed by atoms with Gasteiger partial charge in [0.05, 0.1) is 24.5 Å². The van der Waals surface area contributed by atoms with Crippen LogP contribution >= 0.6 is 37.2 Å². The summed E-state index contributed by atoms with van der Waals surface area (Å²) in [6.07, 6.45) is 8.08. The van der Waals surface area contributed by atoms with E-state index in [4.69, 9.17) is 4.74 Å². The molecule has 0 heterocycles. The number of hydrogen-bond acceptors (Lipinski definition) is 5. The van der Waals surface area contributed by atoms with Gasteiger partial charge in [0.15, 0.2) is 0 Å². The maximum absolute atomic E-state index is 12.6. The molecule has 6 unspecified atom stereocenters. The molecule has 6 nitrogen and oxygen atoms in total. The van der Waals surface area contributed by atoms with Crippen LogP contribution in [0.5, 0.6) is 0 Å². The highest BCUT2D eigenvalue weighted by Gasteiger charge is 2.41. The molecule has 0 aromatic heterocycles. The molecule has 0 spiro atoms. The van der Waals surface area contributed by atoms with Gasteiger partial charge < -0.3 is 20.3 Å². The minimum Gasteiger partial charge on any atom is -0.461 e. The monoisotopic (exact) mass is 689 g/mol. The van der Waals surface area contributed by atoms with Gasteiger partial charge in [0.25, 0.3) is 0 Å². The minimum absolute atomic E-state index is 0.00281. The second-order valence-corrected chi connectivity index (χ2v) is 9.57. The van der Waals surface area contributed by atoms with Gasteiger partial charge in [-0.1, -0.05) is 45.9 Å². The first kappa shape index (κ1) is 30.8. The highest BCUT2D eigenvalue weighted by molar-refractivity contribution is 15.0. The number of hydrogen-bond donors (Lipinski definition) is 3. The number of aliphatic hydroxyl groups excluding tert-OH is 2. The van der Waals surface area contributed by atoms with E-state index in [1.54, 1.807) is 0 Å². The van der Waals surface area contributed by atoms with E-state index in [2.05, 4.69) is 74.6 Å². The van der Waals surface area contributed by atoms with E-state index in [1.165, 1.54) is 12.6 Å². The SMILES string of the molecule is CCC(C)C(=O)OC1C[C@@H](C)C=C2C=CC(C)[C@H](CCC(O)CC(O)CC(=O)NC)C21.II. The molecule has 2 aliphatic rings. The highest BCUT2D eigenvalue weighted by Crippen LogP contribution is 2.45. The number of ether oxygens (including phenoxy) is 1. The predicted octanol–water partition coefficient (Wildman–Crippen LogP) is 5.15. The number of esters is 1. The van der Waals surface area contributed by atoms with Crippen LogP contribution in [0.2, 0.25) is 0 Å². The van der Waals surface area contributed by atoms with Crippen LogP contribution in [0.1, 0.15) is 66.2 Å². The Labute approximate surface area is 222 Å². The van der Waals surface area contributed by atoms with E-state index < -0.39 is 12.2 Å². The minimum atomic E-state index is -0.853. The molecule has 33 heavy (non-hydrogen) atoms. The molecule has 8 atom stereocenters. The molecule has 2 rings (SSSR count). The molecule has 0 saturated carbocycles. The van der Waals surface area contributed by atoms with Gasteiger partial charge >= 0.3 is 5.97 Å². The molecule has 0 saturated heterocycles. The van der Waals surface area contributed by atoms with E-state index in [9.17, 15) is 19.8 Å². The van der Waals surface area contributed by atoms with Crippen LogP contribution in [0.15, 0.2) is 23.8 Å². The summed E-state index contributed by atoms with van der Waals surface area (Å²) < 4.78 is 6.03. The van der Waals surface area contributed by atoms with Gasteiger partial charge in [0, 0.05) is 50.2 Å². The lowest BCUT2D eigenvalue weighted by molar-refractivity contribution is -0.158. The van der Waals surface area contributed by atoms with Crippen molar-refractivity contribution in [1.82, 2.24) is 5.32 Å². The number of rotatable bonds is 10. The zero-order valence-corrected chi connectivity index (χ0v) is 24.8. The fourth-order valence-electron chi connectivity index (χ4n) is 4.87. The lowest BCUT2D eigenvalue weighted by atomic mass is 9.65. The summed E-state index contributed by atoms with van der Waals surface area (Å²) in [5, 5.41) is 23.0. The lowest BCUT2D eigenvalue weighted by Crippen LogP contribution is -2.41. The van der Waals surface area contributed by atoms with Gasteiger partial charge in [-0.25, -0.2) is 0 Å². The predicted molar refractivity (Wildman–Crippen MR) is 149 cm³/mol. The van der Waals surface area contributed by atoms with Gasteiger partial charge in [0.1, 0.15) is 6.10 Å². The fourth-order valence-corrected chi connectivity index (χ4v) is 4.87. The first-order valence-electron chi connectivity index (χ1n) is 12.0. The third kappa shape index (κ3) is 9.76. The standard InChI is InChI=1S/C25H41NO5.I2/c1-6-16(3)25(30)31-22-12-15(2)11-18-8-7-17(4)21(24(18)22)10-9-19(27)13-20(28)14-23(29)26-5;1-2/h7-8,11,15-17,19-22,24,27-28H,6,9-10,12-14H2,1-5H3,(H,26,29);/t15-,16?,17?,19?,20?,21-,22?,24?;/m0./s1. The molecule has 8 heteroatoms. The van der Waals surface area contributed by atoms with Crippen molar-refractivity contribution in [2.75, 3.05) is 7.05 Å². The first-order chi connectivity index (χ1) is 15.7. The van der Waals surface area contributed by atoms with Gasteiger partial charge in [0.2, 0.25) is 5.91 Å². The summed E-state index contributed by atoms with van der Waals surface area (Å²) in [6.45, 7) is 8.24. The van der Waals surface area contributed by atoms with Crippen molar-refractivity contribution in [1.29, 1.82) is 0 Å². The molecule has 0 bridgehead atoms. The summed E-state index contributed by atoms with van der Waals surface area (Å²) in [5.41, 5.74) is 1.23. The zero-order valence-electron chi connectivity index (χ0n) is 20.5. The van der Waals surface area contributed by atoms with E-state index in [-0.39, 0.29) is 48.6 Å². The number of carbonyl (C=O) groups is 2. The van der Waals surface area contributed by atoms with Crippen molar-refractivity contribution in [2.45, 2.75) is 84.5 Å². The van der Waals surface area contributed by atoms with E-state index >= 15 is 0 Å². The molecule has 1 amide bonds. The first-order valence-corrected chi connectivity index (χ1v) is 18.3. The van der Waals surface area contributed by atoms with Gasteiger partial charge in [-0.2, -0.15) is 0 Å². The molecule has 0 aliphatic heterocycles. The van der Waals surface area contributed by atoms with Crippen LogP contribution in [0, 0.1) is 29.6 Å². The molecule has 190 valence electrons. The molecule has 0 aromatic carbocycles. The highest BCUT2D eigenvalue weighted by atomic mass is 128. The maximum atomic E-state index is 12.6. The number of aliphatic hydroxyl groups is 2. The second-order valence-electron chi connectivity index (χ2n) is 9.57. The van der Waals surface area contributed by atoms with Crippen LogP contribution in [0.25, 0.3) is 0 Å². The van der Waals surface area contributed by atoms with Crippen molar-refractivity contribution in [3.63, 3.8) is 0 Å². The molecule has 0 fully saturated rings. The Hall–Kier alpha value is -0.200. The number of carbonyl (C=O) groups excluding carboxylic acids is 2. The average molecular weight is 689 g/mol. The number of halogens is 2. The third-order valence-corrected chi connectivity index (χ3v) is 6.95. The molecule has 2 aliphatic carbocycles. The molecule has 0 aromatic rings. The summed E-state index contributed by atoms with van der Waals surface area (Å²) in [6, 6.07) is 0. The number of allylic oxidation sites excluding steroid dienone is 3. The Bertz CT molecular complexity index is 684.